The molecule has 4 rings (SSSR count). The minimum Gasteiger partial charge on any atom is -0.494 e. The quantitative estimate of drug-likeness (QED) is 0.181. The van der Waals surface area contributed by atoms with Crippen molar-refractivity contribution >= 4 is 45.6 Å². The summed E-state index contributed by atoms with van der Waals surface area (Å²) in [6.45, 7) is 3.98. The Labute approximate surface area is 249 Å². The fraction of sp³-hybridized carbons (Fsp3) is 0.258. The Morgan fingerprint density at radius 2 is 1.90 bits per heavy atom. The van der Waals surface area contributed by atoms with Crippen molar-refractivity contribution in [2.75, 3.05) is 38.4 Å². The Morgan fingerprint density at radius 1 is 1.12 bits per heavy atom. The lowest BCUT2D eigenvalue weighted by Gasteiger charge is -2.24. The van der Waals surface area contributed by atoms with Crippen LogP contribution in [-0.2, 0) is 17.0 Å². The summed E-state index contributed by atoms with van der Waals surface area (Å²) in [5, 5.41) is 18.0. The lowest BCUT2D eigenvalue weighted by Crippen LogP contribution is -2.18. The molecule has 0 radical (unpaired) electrons. The maximum absolute atomic E-state index is 13.6. The number of hydrogen-bond acceptors (Lipinski definition) is 8. The normalized spacial score (nSPS) is 11.7. The van der Waals surface area contributed by atoms with Crippen LogP contribution >= 0.6 is 11.6 Å². The summed E-state index contributed by atoms with van der Waals surface area (Å²) in [4.78, 5) is 23.3. The molecule has 9 nitrogen and oxygen atoms in total. The Bertz CT molecular complexity index is 1620. The van der Waals surface area contributed by atoms with Crippen molar-refractivity contribution in [2.45, 2.75) is 26.1 Å². The molecule has 0 aliphatic rings. The third-order valence-electron chi connectivity index (χ3n) is 6.22. The number of carbonyl (C=O) groups is 1. The van der Waals surface area contributed by atoms with Crippen LogP contribution in [0.5, 0.6) is 11.5 Å². The molecule has 0 unspecified atom stereocenters. The first kappa shape index (κ1) is 30.7. The molecule has 1 heterocycles. The number of likely N-dealkylation sites (N-methyl/N-ethyl adjacent to an activating group) is 1. The Hall–Kier alpha value is -4.25. The van der Waals surface area contributed by atoms with Crippen molar-refractivity contribution in [3.63, 3.8) is 0 Å². The summed E-state index contributed by atoms with van der Waals surface area (Å²) in [6, 6.07) is 12.8. The zero-order chi connectivity index (χ0) is 30.4. The van der Waals surface area contributed by atoms with Gasteiger partial charge in [-0.15, -0.1) is 0 Å². The van der Waals surface area contributed by atoms with Gasteiger partial charge in [0.15, 0.2) is 0 Å². The molecule has 0 aliphatic heterocycles. The van der Waals surface area contributed by atoms with Crippen molar-refractivity contribution in [3.8, 4) is 11.5 Å². The average Bonchev–Trinajstić information content (AvgIpc) is 2.91. The van der Waals surface area contributed by atoms with Gasteiger partial charge in [0.1, 0.15) is 36.1 Å². The smallest absolute Gasteiger partial charge is 0.248 e. The Balaban J connectivity index is 1.68. The van der Waals surface area contributed by atoms with Crippen molar-refractivity contribution in [2.24, 2.45) is 0 Å². The van der Waals surface area contributed by atoms with Gasteiger partial charge in [-0.05, 0) is 63.8 Å². The minimum atomic E-state index is -1.30. The molecule has 0 bridgehead atoms. The van der Waals surface area contributed by atoms with Crippen molar-refractivity contribution in [1.29, 1.82) is 0 Å². The summed E-state index contributed by atoms with van der Waals surface area (Å²) in [6.07, 6.45) is 4.61. The predicted octanol–water partition coefficient (Wildman–Crippen LogP) is 6.04. The number of nitrogens with zero attached hydrogens (tertiary/aromatic N) is 3. The first-order chi connectivity index (χ1) is 19.9. The van der Waals surface area contributed by atoms with E-state index in [1.807, 2.05) is 19.0 Å². The molecule has 0 aliphatic carbocycles. The molecule has 0 atom stereocenters. The van der Waals surface area contributed by atoms with E-state index >= 15 is 0 Å². The number of ether oxygens (including phenoxy) is 2. The highest BCUT2D eigenvalue weighted by atomic mass is 35.5. The van der Waals surface area contributed by atoms with Gasteiger partial charge in [0.25, 0.3) is 0 Å². The van der Waals surface area contributed by atoms with E-state index in [-0.39, 0.29) is 23.4 Å². The van der Waals surface area contributed by atoms with Gasteiger partial charge in [0, 0.05) is 35.3 Å². The zero-order valence-electron chi connectivity index (χ0n) is 24.0. The van der Waals surface area contributed by atoms with Crippen molar-refractivity contribution < 1.29 is 23.8 Å². The van der Waals surface area contributed by atoms with Crippen LogP contribution in [-0.4, -0.2) is 53.6 Å². The lowest BCUT2D eigenvalue weighted by molar-refractivity contribution is -0.111. The van der Waals surface area contributed by atoms with Crippen molar-refractivity contribution in [3.05, 3.63) is 89.0 Å². The lowest BCUT2D eigenvalue weighted by atomic mass is 9.96. The van der Waals surface area contributed by atoms with Crippen LogP contribution in [0.4, 0.5) is 21.6 Å². The molecule has 0 saturated heterocycles. The number of carbonyl (C=O) groups excluding carboxylic acids is 1. The second-order valence-electron chi connectivity index (χ2n) is 10.4. The summed E-state index contributed by atoms with van der Waals surface area (Å²) >= 11 is 6.59. The molecule has 11 heteroatoms. The van der Waals surface area contributed by atoms with Crippen LogP contribution in [0.25, 0.3) is 10.9 Å². The number of nitrogens with one attached hydrogen (secondary N) is 2. The van der Waals surface area contributed by atoms with E-state index in [1.54, 1.807) is 56.3 Å². The monoisotopic (exact) mass is 593 g/mol. The summed E-state index contributed by atoms with van der Waals surface area (Å²) in [5.41, 5.74) is 1.31. The van der Waals surface area contributed by atoms with Gasteiger partial charge in [-0.2, -0.15) is 0 Å². The molecule has 1 amide bonds. The third-order valence-corrected chi connectivity index (χ3v) is 6.52. The first-order valence-electron chi connectivity index (χ1n) is 13.1. The number of rotatable bonds is 11. The first-order valence-corrected chi connectivity index (χ1v) is 13.5. The molecular formula is C31H33ClFN5O4. The van der Waals surface area contributed by atoms with E-state index in [4.69, 9.17) is 21.1 Å². The fourth-order valence-electron chi connectivity index (χ4n) is 4.18. The van der Waals surface area contributed by atoms with E-state index in [1.165, 1.54) is 31.6 Å². The Morgan fingerprint density at radius 3 is 2.60 bits per heavy atom. The second kappa shape index (κ2) is 13.2. The Kier molecular flexibility index (Phi) is 9.62. The second-order valence-corrected chi connectivity index (χ2v) is 10.8. The molecular weight excluding hydrogens is 561 g/mol. The van der Waals surface area contributed by atoms with Gasteiger partial charge in [0.2, 0.25) is 5.91 Å². The van der Waals surface area contributed by atoms with Gasteiger partial charge >= 0.3 is 0 Å². The number of amides is 1. The molecule has 42 heavy (non-hydrogen) atoms. The topological polar surface area (TPSA) is 109 Å². The number of anilines is 3. The van der Waals surface area contributed by atoms with Gasteiger partial charge in [0.05, 0.1) is 28.9 Å². The number of benzene rings is 3. The highest BCUT2D eigenvalue weighted by Crippen LogP contribution is 2.40. The number of hydrogen-bond donors (Lipinski definition) is 3. The number of aliphatic hydroxyl groups is 1. The minimum absolute atomic E-state index is 0.0900. The van der Waals surface area contributed by atoms with E-state index in [2.05, 4.69) is 20.6 Å². The molecule has 1 aromatic heterocycles. The van der Waals surface area contributed by atoms with E-state index in [9.17, 15) is 14.3 Å². The van der Waals surface area contributed by atoms with Gasteiger partial charge in [-0.3, -0.25) is 4.79 Å². The molecule has 3 N–H and O–H groups in total. The maximum Gasteiger partial charge on any atom is 0.248 e. The summed E-state index contributed by atoms with van der Waals surface area (Å²) in [5.74, 6) is 0.494. The van der Waals surface area contributed by atoms with Crippen LogP contribution in [0.2, 0.25) is 5.02 Å². The molecule has 220 valence electrons. The van der Waals surface area contributed by atoms with E-state index in [0.29, 0.717) is 57.3 Å². The zero-order valence-corrected chi connectivity index (χ0v) is 24.8. The maximum atomic E-state index is 13.6. The van der Waals surface area contributed by atoms with Gasteiger partial charge in [-0.1, -0.05) is 29.8 Å². The molecule has 0 fully saturated rings. The molecule has 0 spiro atoms. The highest BCUT2D eigenvalue weighted by molar-refractivity contribution is 6.32. The molecule has 3 aromatic carbocycles. The van der Waals surface area contributed by atoms with Crippen molar-refractivity contribution in [1.82, 2.24) is 14.9 Å². The van der Waals surface area contributed by atoms with Gasteiger partial charge in [-0.25, -0.2) is 14.4 Å². The van der Waals surface area contributed by atoms with Crippen LogP contribution < -0.4 is 20.1 Å². The molecule has 4 aromatic rings. The van der Waals surface area contributed by atoms with Crippen LogP contribution in [0.3, 0.4) is 0 Å². The van der Waals surface area contributed by atoms with E-state index in [0.717, 1.165) is 0 Å². The number of aromatic nitrogens is 2. The largest absolute Gasteiger partial charge is 0.494 e. The van der Waals surface area contributed by atoms with Gasteiger partial charge < -0.3 is 30.1 Å². The van der Waals surface area contributed by atoms with Crippen LogP contribution in [0.15, 0.2) is 67.0 Å². The van der Waals surface area contributed by atoms with Crippen LogP contribution in [0.1, 0.15) is 25.0 Å². The molecule has 0 saturated carbocycles. The standard InChI is InChI=1S/C31H33ClFN5O4/c1-31(2,40)22-14-27(42-17-19-8-6-9-20(33)12-19)23(32)15-25(22)37-30-21-13-26(36-29(39)10-7-11-38(3)4)28(41-5)16-24(21)34-18-35-30/h6-10,12-16,18,40H,11,17H2,1-5H3,(H,36,39)(H,34,35,37)/b10-7+. The number of methoxy groups -OCH3 is 1. The summed E-state index contributed by atoms with van der Waals surface area (Å²) in [7, 11) is 5.33. The summed E-state index contributed by atoms with van der Waals surface area (Å²) < 4.78 is 25.0. The van der Waals surface area contributed by atoms with Crippen LogP contribution in [0, 0.1) is 5.82 Å². The average molecular weight is 594 g/mol. The van der Waals surface area contributed by atoms with E-state index < -0.39 is 5.60 Å². The predicted molar refractivity (Wildman–Crippen MR) is 163 cm³/mol. The highest BCUT2D eigenvalue weighted by Gasteiger charge is 2.24. The SMILES string of the molecule is COc1cc2ncnc(Nc3cc(Cl)c(OCc4cccc(F)c4)cc3C(C)(C)O)c2cc1NC(=O)/C=C/CN(C)C. The number of halogens is 2. The number of fused-ring (bicyclic) bond motifs is 1. The third kappa shape index (κ3) is 7.73. The fourth-order valence-corrected chi connectivity index (χ4v) is 4.40.